The van der Waals surface area contributed by atoms with Gasteiger partial charge in [0.15, 0.2) is 6.61 Å². The second kappa shape index (κ2) is 9.28. The fraction of sp³-hybridized carbons (Fsp3) is 0.500. The predicted octanol–water partition coefficient (Wildman–Crippen LogP) is 3.54. The highest BCUT2D eigenvalue weighted by atomic mass is 35.5. The molecule has 1 N–H and O–H groups in total. The standard InChI is InChI=1S/C20H24ClFN2O4/c1-13(18-11-24(20(26)28-18)10-14-3-2-4-14)7-8-23-19(25)12-27-15-5-6-16(21)17(22)9-15/h5-6,9,14,18H,1-4,7-8,10-12H2,(H,23,25). The lowest BCUT2D eigenvalue weighted by atomic mass is 9.85. The lowest BCUT2D eigenvalue weighted by molar-refractivity contribution is -0.123. The zero-order valence-electron chi connectivity index (χ0n) is 15.6. The third-order valence-corrected chi connectivity index (χ3v) is 5.38. The number of rotatable bonds is 9. The summed E-state index contributed by atoms with van der Waals surface area (Å²) in [7, 11) is 0. The molecule has 0 spiro atoms. The molecule has 28 heavy (non-hydrogen) atoms. The molecule has 0 bridgehead atoms. The Labute approximate surface area is 168 Å². The Balaban J connectivity index is 1.33. The van der Waals surface area contributed by atoms with Crippen LogP contribution in [0.4, 0.5) is 9.18 Å². The summed E-state index contributed by atoms with van der Waals surface area (Å²) in [6, 6.07) is 3.98. The van der Waals surface area contributed by atoms with E-state index in [-0.39, 0.29) is 35.5 Å². The van der Waals surface area contributed by atoms with E-state index in [9.17, 15) is 14.0 Å². The maximum Gasteiger partial charge on any atom is 0.410 e. The SMILES string of the molecule is C=C(CCNC(=O)COc1ccc(Cl)c(F)c1)C1CN(CC2CCC2)C(=O)O1. The molecule has 3 rings (SSSR count). The van der Waals surface area contributed by atoms with Gasteiger partial charge in [0.25, 0.3) is 5.91 Å². The number of halogens is 2. The molecule has 6 nitrogen and oxygen atoms in total. The first kappa shape index (κ1) is 20.5. The normalized spacial score (nSPS) is 19.1. The summed E-state index contributed by atoms with van der Waals surface area (Å²) in [5.41, 5.74) is 0.769. The van der Waals surface area contributed by atoms with Crippen LogP contribution in [0.15, 0.2) is 30.4 Å². The van der Waals surface area contributed by atoms with E-state index in [2.05, 4.69) is 11.9 Å². The summed E-state index contributed by atoms with van der Waals surface area (Å²) in [6.45, 7) is 5.38. The molecular weight excluding hydrogens is 387 g/mol. The van der Waals surface area contributed by atoms with E-state index in [1.165, 1.54) is 31.4 Å². The molecule has 1 aliphatic carbocycles. The van der Waals surface area contributed by atoms with E-state index < -0.39 is 5.82 Å². The van der Waals surface area contributed by atoms with Crippen molar-refractivity contribution < 1.29 is 23.5 Å². The lowest BCUT2D eigenvalue weighted by Gasteiger charge is -2.28. The van der Waals surface area contributed by atoms with Crippen molar-refractivity contribution in [3.8, 4) is 5.75 Å². The first-order valence-electron chi connectivity index (χ1n) is 9.40. The number of nitrogens with zero attached hydrogens (tertiary/aromatic N) is 1. The van der Waals surface area contributed by atoms with Crippen molar-refractivity contribution in [2.24, 2.45) is 5.92 Å². The van der Waals surface area contributed by atoms with Gasteiger partial charge in [0, 0.05) is 19.2 Å². The topological polar surface area (TPSA) is 67.9 Å². The molecule has 1 heterocycles. The molecule has 152 valence electrons. The number of nitrogens with one attached hydrogen (secondary N) is 1. The van der Waals surface area contributed by atoms with Crippen molar-refractivity contribution in [3.63, 3.8) is 0 Å². The Morgan fingerprint density at radius 2 is 2.21 bits per heavy atom. The Morgan fingerprint density at radius 3 is 2.89 bits per heavy atom. The molecule has 0 radical (unpaired) electrons. The van der Waals surface area contributed by atoms with Crippen LogP contribution >= 0.6 is 11.6 Å². The average Bonchev–Trinajstić information content (AvgIpc) is 3.00. The van der Waals surface area contributed by atoms with Gasteiger partial charge in [0.05, 0.1) is 11.6 Å². The van der Waals surface area contributed by atoms with Gasteiger partial charge in [0.1, 0.15) is 17.7 Å². The van der Waals surface area contributed by atoms with E-state index in [1.807, 2.05) is 0 Å². The van der Waals surface area contributed by atoms with E-state index in [1.54, 1.807) is 4.90 Å². The highest BCUT2D eigenvalue weighted by Gasteiger charge is 2.34. The van der Waals surface area contributed by atoms with Crippen LogP contribution < -0.4 is 10.1 Å². The van der Waals surface area contributed by atoms with Crippen molar-refractivity contribution in [1.82, 2.24) is 10.2 Å². The molecule has 1 aliphatic heterocycles. The molecule has 8 heteroatoms. The van der Waals surface area contributed by atoms with Gasteiger partial charge in [-0.3, -0.25) is 4.79 Å². The molecular formula is C20H24ClFN2O4. The van der Waals surface area contributed by atoms with E-state index in [0.29, 0.717) is 25.4 Å². The number of amides is 2. The number of carbonyl (C=O) groups is 2. The summed E-state index contributed by atoms with van der Waals surface area (Å²) >= 11 is 5.60. The quantitative estimate of drug-likeness (QED) is 0.632. The number of carbonyl (C=O) groups excluding carboxylic acids is 2. The minimum atomic E-state index is -0.603. The third-order valence-electron chi connectivity index (χ3n) is 5.08. The number of hydrogen-bond acceptors (Lipinski definition) is 4. The zero-order valence-corrected chi connectivity index (χ0v) is 16.3. The van der Waals surface area contributed by atoms with E-state index in [4.69, 9.17) is 21.1 Å². The Kier molecular flexibility index (Phi) is 6.78. The van der Waals surface area contributed by atoms with Gasteiger partial charge in [-0.2, -0.15) is 0 Å². The maximum atomic E-state index is 13.3. The summed E-state index contributed by atoms with van der Waals surface area (Å²) in [5, 5.41) is 2.70. The van der Waals surface area contributed by atoms with Gasteiger partial charge in [0.2, 0.25) is 0 Å². The van der Waals surface area contributed by atoms with Gasteiger partial charge in [-0.25, -0.2) is 9.18 Å². The molecule has 1 saturated heterocycles. The fourth-order valence-corrected chi connectivity index (χ4v) is 3.26. The van der Waals surface area contributed by atoms with Crippen molar-refractivity contribution in [2.45, 2.75) is 31.8 Å². The zero-order chi connectivity index (χ0) is 20.1. The molecule has 2 fully saturated rings. The molecule has 1 aromatic carbocycles. The largest absolute Gasteiger partial charge is 0.484 e. The van der Waals surface area contributed by atoms with Crippen molar-refractivity contribution >= 4 is 23.6 Å². The second-order valence-electron chi connectivity index (χ2n) is 7.20. The molecule has 2 aliphatic rings. The van der Waals surface area contributed by atoms with Gasteiger partial charge in [-0.05, 0) is 42.9 Å². The monoisotopic (exact) mass is 410 g/mol. The smallest absolute Gasteiger partial charge is 0.410 e. The van der Waals surface area contributed by atoms with Gasteiger partial charge >= 0.3 is 6.09 Å². The molecule has 1 unspecified atom stereocenters. The van der Waals surface area contributed by atoms with Crippen LogP contribution in [0, 0.1) is 11.7 Å². The molecule has 0 aromatic heterocycles. The fourth-order valence-electron chi connectivity index (χ4n) is 3.15. The highest BCUT2D eigenvalue weighted by molar-refractivity contribution is 6.30. The Morgan fingerprint density at radius 1 is 1.43 bits per heavy atom. The second-order valence-corrected chi connectivity index (χ2v) is 7.60. The molecule has 2 amide bonds. The van der Waals surface area contributed by atoms with Crippen LogP contribution in [-0.2, 0) is 9.53 Å². The minimum absolute atomic E-state index is 0.00539. The summed E-state index contributed by atoms with van der Waals surface area (Å²) in [5.74, 6) is -0.120. The van der Waals surface area contributed by atoms with E-state index in [0.717, 1.165) is 18.2 Å². The van der Waals surface area contributed by atoms with E-state index >= 15 is 0 Å². The number of ether oxygens (including phenoxy) is 2. The van der Waals surface area contributed by atoms with Crippen LogP contribution in [-0.4, -0.2) is 49.2 Å². The van der Waals surface area contributed by atoms with Crippen molar-refractivity contribution in [3.05, 3.63) is 41.2 Å². The van der Waals surface area contributed by atoms with Gasteiger partial charge < -0.3 is 19.7 Å². The average molecular weight is 411 g/mol. The summed E-state index contributed by atoms with van der Waals surface area (Å²) in [4.78, 5) is 25.6. The van der Waals surface area contributed by atoms with Crippen LogP contribution in [0.1, 0.15) is 25.7 Å². The highest BCUT2D eigenvalue weighted by Crippen LogP contribution is 2.29. The molecule has 1 atom stereocenters. The molecule has 1 aromatic rings. The van der Waals surface area contributed by atoms with Crippen LogP contribution in [0.2, 0.25) is 5.02 Å². The number of hydrogen-bond donors (Lipinski definition) is 1. The predicted molar refractivity (Wildman–Crippen MR) is 103 cm³/mol. The van der Waals surface area contributed by atoms with Crippen LogP contribution in [0.3, 0.4) is 0 Å². The van der Waals surface area contributed by atoms with Crippen LogP contribution in [0.5, 0.6) is 5.75 Å². The Hall–Kier alpha value is -2.28. The maximum absolute atomic E-state index is 13.3. The third kappa shape index (κ3) is 5.38. The minimum Gasteiger partial charge on any atom is -0.484 e. The van der Waals surface area contributed by atoms with Crippen LogP contribution in [0.25, 0.3) is 0 Å². The van der Waals surface area contributed by atoms with Crippen molar-refractivity contribution in [1.29, 1.82) is 0 Å². The number of benzene rings is 1. The first-order chi connectivity index (χ1) is 13.4. The molecule has 1 saturated carbocycles. The summed E-state index contributed by atoms with van der Waals surface area (Å²) < 4.78 is 24.0. The van der Waals surface area contributed by atoms with Gasteiger partial charge in [-0.1, -0.05) is 24.6 Å². The lowest BCUT2D eigenvalue weighted by Crippen LogP contribution is -2.34. The number of cyclic esters (lactones) is 1. The Bertz CT molecular complexity index is 754. The first-order valence-corrected chi connectivity index (χ1v) is 9.78. The summed E-state index contributed by atoms with van der Waals surface area (Å²) in [6.07, 6.45) is 3.46. The van der Waals surface area contributed by atoms with Gasteiger partial charge in [-0.15, -0.1) is 0 Å². The van der Waals surface area contributed by atoms with Crippen molar-refractivity contribution in [2.75, 3.05) is 26.2 Å².